The van der Waals surface area contributed by atoms with E-state index in [1.165, 1.54) is 0 Å². The van der Waals surface area contributed by atoms with Gasteiger partial charge in [-0.1, -0.05) is 13.8 Å². The van der Waals surface area contributed by atoms with Crippen molar-refractivity contribution in [3.8, 4) is 0 Å². The van der Waals surface area contributed by atoms with E-state index in [0.717, 1.165) is 0 Å². The Morgan fingerprint density at radius 1 is 1.39 bits per heavy atom. The van der Waals surface area contributed by atoms with Crippen LogP contribution < -0.4 is 10.6 Å². The molecule has 6 heteroatoms. The molecular weight excluding hydrogens is 236 g/mol. The molecule has 1 amide bonds. The number of aliphatic hydroxyl groups is 1. The van der Waals surface area contributed by atoms with Gasteiger partial charge >= 0.3 is 5.97 Å². The third kappa shape index (κ3) is 3.20. The van der Waals surface area contributed by atoms with Crippen LogP contribution in [-0.4, -0.2) is 47.3 Å². The summed E-state index contributed by atoms with van der Waals surface area (Å²) in [6.07, 6.45) is 0.825. The minimum Gasteiger partial charge on any atom is -0.481 e. The lowest BCUT2D eigenvalue weighted by Crippen LogP contribution is -2.47. The molecule has 1 aliphatic rings. The highest BCUT2D eigenvalue weighted by Gasteiger charge is 2.36. The number of aliphatic hydroxyl groups excluding tert-OH is 1. The Bertz CT molecular complexity index is 315. The van der Waals surface area contributed by atoms with E-state index in [-0.39, 0.29) is 12.5 Å². The summed E-state index contributed by atoms with van der Waals surface area (Å²) in [6.45, 7) is 4.15. The van der Waals surface area contributed by atoms with Gasteiger partial charge in [0.05, 0.1) is 17.6 Å². The first-order valence-corrected chi connectivity index (χ1v) is 6.37. The Labute approximate surface area is 107 Å². The number of carboxylic acids is 1. The zero-order chi connectivity index (χ0) is 13.8. The molecule has 1 aliphatic heterocycles. The van der Waals surface area contributed by atoms with Crippen molar-refractivity contribution in [2.24, 2.45) is 5.41 Å². The quantitative estimate of drug-likeness (QED) is 0.525. The van der Waals surface area contributed by atoms with Crippen LogP contribution in [0, 0.1) is 5.41 Å². The molecular formula is C12H22N2O4. The summed E-state index contributed by atoms with van der Waals surface area (Å²) in [7, 11) is 0. The molecule has 0 radical (unpaired) electrons. The second-order valence-electron chi connectivity index (χ2n) is 4.86. The first kappa shape index (κ1) is 14.9. The van der Waals surface area contributed by atoms with E-state index in [1.54, 1.807) is 13.8 Å². The van der Waals surface area contributed by atoms with Gasteiger partial charge in [0.1, 0.15) is 0 Å². The first-order chi connectivity index (χ1) is 8.45. The number of nitrogens with one attached hydrogen (secondary N) is 2. The summed E-state index contributed by atoms with van der Waals surface area (Å²) < 4.78 is 0. The summed E-state index contributed by atoms with van der Waals surface area (Å²) in [5.41, 5.74) is -0.896. The predicted molar refractivity (Wildman–Crippen MR) is 66.1 cm³/mol. The van der Waals surface area contributed by atoms with Crippen LogP contribution in [0.1, 0.15) is 33.1 Å². The average Bonchev–Trinajstić information content (AvgIpc) is 2.77. The monoisotopic (exact) mass is 258 g/mol. The molecule has 104 valence electrons. The van der Waals surface area contributed by atoms with Crippen LogP contribution in [0.5, 0.6) is 0 Å². The Morgan fingerprint density at radius 2 is 2.00 bits per heavy atom. The third-order valence-electron chi connectivity index (χ3n) is 3.83. The van der Waals surface area contributed by atoms with Gasteiger partial charge in [-0.05, 0) is 19.3 Å². The lowest BCUT2D eigenvalue weighted by atomic mass is 9.82. The standard InChI is InChI=1S/C12H22N2O4/c1-3-12(4-2,11(17)18)7-14-10(16)9-5-8(15)6-13-9/h8-9,13,15H,3-7H2,1-2H3,(H,14,16)(H,17,18). The topological polar surface area (TPSA) is 98.7 Å². The SMILES string of the molecule is CCC(CC)(CNC(=O)C1CC(O)CN1)C(=O)O. The van der Waals surface area contributed by atoms with Gasteiger partial charge in [0.25, 0.3) is 0 Å². The summed E-state index contributed by atoms with van der Waals surface area (Å²) in [5, 5.41) is 24.1. The fraction of sp³-hybridized carbons (Fsp3) is 0.833. The highest BCUT2D eigenvalue weighted by atomic mass is 16.4. The second kappa shape index (κ2) is 6.15. The zero-order valence-electron chi connectivity index (χ0n) is 10.9. The summed E-state index contributed by atoms with van der Waals surface area (Å²) in [6, 6.07) is -0.416. The van der Waals surface area contributed by atoms with Crippen LogP contribution in [0.25, 0.3) is 0 Å². The molecule has 1 heterocycles. The molecule has 0 aromatic rings. The van der Waals surface area contributed by atoms with Crippen molar-refractivity contribution in [3.05, 3.63) is 0 Å². The Morgan fingerprint density at radius 3 is 2.39 bits per heavy atom. The molecule has 1 saturated heterocycles. The molecule has 2 unspecified atom stereocenters. The molecule has 1 fully saturated rings. The molecule has 0 aromatic carbocycles. The number of carbonyl (C=O) groups is 2. The molecule has 0 bridgehead atoms. The molecule has 0 aromatic heterocycles. The highest BCUT2D eigenvalue weighted by molar-refractivity contribution is 5.83. The number of β-amino-alcohol motifs (C(OH)–C–C–N with tert-alkyl or cyclic N) is 1. The van der Waals surface area contributed by atoms with Crippen LogP contribution in [0.2, 0.25) is 0 Å². The van der Waals surface area contributed by atoms with Crippen molar-refractivity contribution in [2.75, 3.05) is 13.1 Å². The number of hydrogen-bond donors (Lipinski definition) is 4. The van der Waals surface area contributed by atoms with Crippen molar-refractivity contribution in [1.29, 1.82) is 0 Å². The van der Waals surface area contributed by atoms with Crippen molar-refractivity contribution >= 4 is 11.9 Å². The van der Waals surface area contributed by atoms with Crippen molar-refractivity contribution in [3.63, 3.8) is 0 Å². The number of carbonyl (C=O) groups excluding carboxylic acids is 1. The molecule has 6 nitrogen and oxygen atoms in total. The highest BCUT2D eigenvalue weighted by Crippen LogP contribution is 2.25. The van der Waals surface area contributed by atoms with Crippen molar-refractivity contribution in [2.45, 2.75) is 45.3 Å². The summed E-state index contributed by atoms with van der Waals surface area (Å²) in [4.78, 5) is 23.1. The maximum atomic E-state index is 11.8. The van der Waals surface area contributed by atoms with E-state index in [1.807, 2.05) is 0 Å². The number of carboxylic acid groups (broad SMARTS) is 1. The smallest absolute Gasteiger partial charge is 0.311 e. The Hall–Kier alpha value is -1.14. The van der Waals surface area contributed by atoms with E-state index in [4.69, 9.17) is 0 Å². The molecule has 0 aliphatic carbocycles. The van der Waals surface area contributed by atoms with Crippen LogP contribution in [0.4, 0.5) is 0 Å². The van der Waals surface area contributed by atoms with Gasteiger partial charge in [0, 0.05) is 13.1 Å². The molecule has 18 heavy (non-hydrogen) atoms. The minimum absolute atomic E-state index is 0.127. The maximum Gasteiger partial charge on any atom is 0.311 e. The van der Waals surface area contributed by atoms with Crippen molar-refractivity contribution < 1.29 is 19.8 Å². The molecule has 0 saturated carbocycles. The average molecular weight is 258 g/mol. The number of hydrogen-bond acceptors (Lipinski definition) is 4. The van der Waals surface area contributed by atoms with Crippen LogP contribution in [-0.2, 0) is 9.59 Å². The van der Waals surface area contributed by atoms with Gasteiger partial charge < -0.3 is 20.8 Å². The fourth-order valence-corrected chi connectivity index (χ4v) is 2.17. The Balaban J connectivity index is 2.52. The van der Waals surface area contributed by atoms with Gasteiger partial charge in [-0.3, -0.25) is 9.59 Å². The fourth-order valence-electron chi connectivity index (χ4n) is 2.17. The lowest BCUT2D eigenvalue weighted by Gasteiger charge is -2.27. The van der Waals surface area contributed by atoms with Gasteiger partial charge in [-0.15, -0.1) is 0 Å². The first-order valence-electron chi connectivity index (χ1n) is 6.37. The van der Waals surface area contributed by atoms with Gasteiger partial charge in [0.2, 0.25) is 5.91 Å². The predicted octanol–water partition coefficient (Wildman–Crippen LogP) is -0.284. The normalized spacial score (nSPS) is 23.9. The number of aliphatic carboxylic acids is 1. The molecule has 4 N–H and O–H groups in total. The molecule has 2 atom stereocenters. The number of amides is 1. The summed E-state index contributed by atoms with van der Waals surface area (Å²) >= 11 is 0. The largest absolute Gasteiger partial charge is 0.481 e. The van der Waals surface area contributed by atoms with Crippen LogP contribution >= 0.6 is 0 Å². The van der Waals surface area contributed by atoms with Gasteiger partial charge in [-0.2, -0.15) is 0 Å². The van der Waals surface area contributed by atoms with E-state index < -0.39 is 23.5 Å². The van der Waals surface area contributed by atoms with Gasteiger partial charge in [0.15, 0.2) is 0 Å². The number of rotatable bonds is 6. The molecule has 0 spiro atoms. The maximum absolute atomic E-state index is 11.8. The van der Waals surface area contributed by atoms with Crippen molar-refractivity contribution in [1.82, 2.24) is 10.6 Å². The van der Waals surface area contributed by atoms with Gasteiger partial charge in [-0.25, -0.2) is 0 Å². The van der Waals surface area contributed by atoms with Crippen LogP contribution in [0.15, 0.2) is 0 Å². The van der Waals surface area contributed by atoms with Crippen LogP contribution in [0.3, 0.4) is 0 Å². The molecule has 1 rings (SSSR count). The minimum atomic E-state index is -0.896. The van der Waals surface area contributed by atoms with E-state index in [2.05, 4.69) is 10.6 Å². The summed E-state index contributed by atoms with van der Waals surface area (Å²) in [5.74, 6) is -1.12. The van der Waals surface area contributed by atoms with E-state index in [9.17, 15) is 19.8 Å². The third-order valence-corrected chi connectivity index (χ3v) is 3.83. The van der Waals surface area contributed by atoms with E-state index >= 15 is 0 Å². The zero-order valence-corrected chi connectivity index (χ0v) is 10.9. The Kier molecular flexibility index (Phi) is 5.10. The van der Waals surface area contributed by atoms with E-state index in [0.29, 0.717) is 25.8 Å². The lowest BCUT2D eigenvalue weighted by molar-refractivity contribution is -0.149. The second-order valence-corrected chi connectivity index (χ2v) is 4.86.